The highest BCUT2D eigenvalue weighted by Crippen LogP contribution is 2.20. The van der Waals surface area contributed by atoms with Crippen molar-refractivity contribution in [3.8, 4) is 0 Å². The molecule has 1 aliphatic heterocycles. The number of carbonyl (C=O) groups is 1. The van der Waals surface area contributed by atoms with E-state index >= 15 is 0 Å². The number of nitrogens with zero attached hydrogens (tertiary/aromatic N) is 2. The van der Waals surface area contributed by atoms with Crippen molar-refractivity contribution in [2.24, 2.45) is 0 Å². The fourth-order valence-corrected chi connectivity index (χ4v) is 3.90. The zero-order chi connectivity index (χ0) is 15.5. The summed E-state index contributed by atoms with van der Waals surface area (Å²) in [4.78, 5) is 13.5. The highest BCUT2D eigenvalue weighted by Gasteiger charge is 2.29. The molecule has 21 heavy (non-hydrogen) atoms. The number of rotatable bonds is 3. The lowest BCUT2D eigenvalue weighted by Crippen LogP contribution is -2.50. The summed E-state index contributed by atoms with van der Waals surface area (Å²) in [5.74, 6) is -0.0858. The third-order valence-corrected chi connectivity index (χ3v) is 5.42. The first-order valence-electron chi connectivity index (χ1n) is 6.62. The number of sulfonamides is 1. The molecule has 0 aliphatic carbocycles. The molecule has 0 N–H and O–H groups in total. The predicted octanol–water partition coefficient (Wildman–Crippen LogP) is 1.75. The van der Waals surface area contributed by atoms with Crippen molar-refractivity contribution in [2.45, 2.75) is 11.8 Å². The van der Waals surface area contributed by atoms with Crippen molar-refractivity contribution >= 4 is 27.5 Å². The summed E-state index contributed by atoms with van der Waals surface area (Å²) in [6, 6.07) is 6.21. The van der Waals surface area contributed by atoms with Gasteiger partial charge in [-0.1, -0.05) is 23.7 Å². The smallest absolute Gasteiger partial charge is 0.246 e. The third kappa shape index (κ3) is 3.64. The van der Waals surface area contributed by atoms with Gasteiger partial charge in [-0.05, 0) is 31.2 Å². The quantitative estimate of drug-likeness (QED) is 0.794. The first-order valence-corrected chi connectivity index (χ1v) is 8.44. The Morgan fingerprint density at radius 3 is 2.48 bits per heavy atom. The van der Waals surface area contributed by atoms with Gasteiger partial charge in [0.15, 0.2) is 0 Å². The first-order chi connectivity index (χ1) is 9.95. The van der Waals surface area contributed by atoms with Crippen LogP contribution in [0.1, 0.15) is 6.92 Å². The minimum Gasteiger partial charge on any atom is -0.337 e. The first kappa shape index (κ1) is 16.0. The van der Waals surface area contributed by atoms with Crippen molar-refractivity contribution in [3.05, 3.63) is 41.4 Å². The Balaban J connectivity index is 2.09. The number of hydrogen-bond donors (Lipinski definition) is 0. The van der Waals surface area contributed by atoms with Crippen LogP contribution >= 0.6 is 11.6 Å². The summed E-state index contributed by atoms with van der Waals surface area (Å²) in [6.45, 7) is 3.14. The number of hydrogen-bond acceptors (Lipinski definition) is 3. The Labute approximate surface area is 129 Å². The second kappa shape index (κ2) is 6.60. The number of amides is 1. The van der Waals surface area contributed by atoms with Crippen LogP contribution in [0.4, 0.5) is 0 Å². The number of piperazine rings is 1. The average Bonchev–Trinajstić information content (AvgIpc) is 2.47. The molecule has 0 radical (unpaired) electrons. The molecule has 0 unspecified atom stereocenters. The van der Waals surface area contributed by atoms with E-state index in [2.05, 4.69) is 0 Å². The van der Waals surface area contributed by atoms with Crippen LogP contribution in [0.15, 0.2) is 41.3 Å². The number of carbonyl (C=O) groups excluding carboxylic acids is 1. The summed E-state index contributed by atoms with van der Waals surface area (Å²) in [7, 11) is -3.55. The molecule has 1 amide bonds. The standard InChI is InChI=1S/C14H17ClN2O3S/c1-2-4-14(18)16-7-9-17(10-8-16)21(19,20)13-6-3-5-12(15)11-13/h2-6,11H,7-10H2,1H3/b4-2+. The molecular weight excluding hydrogens is 312 g/mol. The Hall–Kier alpha value is -1.37. The van der Waals surface area contributed by atoms with Crippen LogP contribution in [-0.4, -0.2) is 49.7 Å². The van der Waals surface area contributed by atoms with E-state index in [1.165, 1.54) is 22.5 Å². The molecule has 5 nitrogen and oxygen atoms in total. The maximum atomic E-state index is 12.5. The van der Waals surface area contributed by atoms with Crippen LogP contribution < -0.4 is 0 Å². The van der Waals surface area contributed by atoms with E-state index in [1.807, 2.05) is 0 Å². The van der Waals surface area contributed by atoms with E-state index in [0.717, 1.165) is 0 Å². The van der Waals surface area contributed by atoms with E-state index < -0.39 is 10.0 Å². The summed E-state index contributed by atoms with van der Waals surface area (Å²) >= 11 is 5.85. The molecule has 1 aliphatic rings. The number of benzene rings is 1. The SMILES string of the molecule is C/C=C/C(=O)N1CCN(S(=O)(=O)c2cccc(Cl)c2)CC1. The van der Waals surface area contributed by atoms with Gasteiger partial charge in [0.1, 0.15) is 0 Å². The van der Waals surface area contributed by atoms with E-state index in [1.54, 1.807) is 30.0 Å². The maximum absolute atomic E-state index is 12.5. The summed E-state index contributed by atoms with van der Waals surface area (Å²) in [6.07, 6.45) is 3.17. The Kier molecular flexibility index (Phi) is 5.03. The summed E-state index contributed by atoms with van der Waals surface area (Å²) in [5.41, 5.74) is 0. The molecule has 1 aromatic rings. The fourth-order valence-electron chi connectivity index (χ4n) is 2.17. The minimum atomic E-state index is -3.55. The molecule has 0 bridgehead atoms. The van der Waals surface area contributed by atoms with Crippen LogP contribution in [0.2, 0.25) is 5.02 Å². The van der Waals surface area contributed by atoms with Crippen LogP contribution in [0.5, 0.6) is 0 Å². The monoisotopic (exact) mass is 328 g/mol. The van der Waals surface area contributed by atoms with Gasteiger partial charge in [-0.2, -0.15) is 4.31 Å². The van der Waals surface area contributed by atoms with Crippen molar-refractivity contribution in [1.82, 2.24) is 9.21 Å². The second-order valence-corrected chi connectivity index (χ2v) is 7.06. The van der Waals surface area contributed by atoms with Gasteiger partial charge in [0, 0.05) is 31.2 Å². The summed E-state index contributed by atoms with van der Waals surface area (Å²) in [5, 5.41) is 0.387. The normalized spacial score (nSPS) is 17.3. The van der Waals surface area contributed by atoms with E-state index in [-0.39, 0.29) is 23.9 Å². The molecule has 1 saturated heterocycles. The molecular formula is C14H17ClN2O3S. The minimum absolute atomic E-state index is 0.0858. The van der Waals surface area contributed by atoms with Crippen LogP contribution in [-0.2, 0) is 14.8 Å². The van der Waals surface area contributed by atoms with Gasteiger partial charge < -0.3 is 4.90 Å². The van der Waals surface area contributed by atoms with Gasteiger partial charge in [0.2, 0.25) is 15.9 Å². The zero-order valence-corrected chi connectivity index (χ0v) is 13.3. The van der Waals surface area contributed by atoms with Gasteiger partial charge >= 0.3 is 0 Å². The summed E-state index contributed by atoms with van der Waals surface area (Å²) < 4.78 is 26.4. The maximum Gasteiger partial charge on any atom is 0.246 e. The van der Waals surface area contributed by atoms with Crippen LogP contribution in [0.3, 0.4) is 0 Å². The fraction of sp³-hybridized carbons (Fsp3) is 0.357. The van der Waals surface area contributed by atoms with Crippen molar-refractivity contribution in [3.63, 3.8) is 0 Å². The third-order valence-electron chi connectivity index (χ3n) is 3.29. The molecule has 0 atom stereocenters. The topological polar surface area (TPSA) is 57.7 Å². The molecule has 1 aromatic carbocycles. The van der Waals surface area contributed by atoms with Crippen molar-refractivity contribution in [2.75, 3.05) is 26.2 Å². The molecule has 2 rings (SSSR count). The average molecular weight is 329 g/mol. The Morgan fingerprint density at radius 2 is 1.90 bits per heavy atom. The number of allylic oxidation sites excluding steroid dienone is 1. The highest BCUT2D eigenvalue weighted by molar-refractivity contribution is 7.89. The molecule has 1 heterocycles. The largest absolute Gasteiger partial charge is 0.337 e. The molecule has 0 spiro atoms. The lowest BCUT2D eigenvalue weighted by atomic mass is 10.3. The van der Waals surface area contributed by atoms with E-state index in [4.69, 9.17) is 11.6 Å². The van der Waals surface area contributed by atoms with E-state index in [9.17, 15) is 13.2 Å². The highest BCUT2D eigenvalue weighted by atomic mass is 35.5. The molecule has 0 saturated carbocycles. The van der Waals surface area contributed by atoms with Crippen LogP contribution in [0, 0.1) is 0 Å². The van der Waals surface area contributed by atoms with Crippen molar-refractivity contribution < 1.29 is 13.2 Å². The van der Waals surface area contributed by atoms with Gasteiger partial charge in [-0.25, -0.2) is 8.42 Å². The molecule has 1 fully saturated rings. The number of halogens is 1. The molecule has 114 valence electrons. The predicted molar refractivity (Wildman–Crippen MR) is 81.6 cm³/mol. The Bertz CT molecular complexity index is 650. The van der Waals surface area contributed by atoms with Gasteiger partial charge in [0.05, 0.1) is 4.90 Å². The second-order valence-electron chi connectivity index (χ2n) is 4.69. The van der Waals surface area contributed by atoms with Gasteiger partial charge in [-0.15, -0.1) is 0 Å². The zero-order valence-electron chi connectivity index (χ0n) is 11.7. The van der Waals surface area contributed by atoms with E-state index in [0.29, 0.717) is 18.1 Å². The van der Waals surface area contributed by atoms with Crippen molar-refractivity contribution in [1.29, 1.82) is 0 Å². The van der Waals surface area contributed by atoms with Gasteiger partial charge in [0.25, 0.3) is 0 Å². The van der Waals surface area contributed by atoms with Crippen LogP contribution in [0.25, 0.3) is 0 Å². The molecule has 7 heteroatoms. The Morgan fingerprint density at radius 1 is 1.24 bits per heavy atom. The van der Waals surface area contributed by atoms with Gasteiger partial charge in [-0.3, -0.25) is 4.79 Å². The lowest BCUT2D eigenvalue weighted by Gasteiger charge is -2.33. The lowest BCUT2D eigenvalue weighted by molar-refractivity contribution is -0.127. The molecule has 0 aromatic heterocycles.